The number of hydrogen-bond acceptors (Lipinski definition) is 7. The summed E-state index contributed by atoms with van der Waals surface area (Å²) >= 11 is 1.00. The normalized spacial score (nSPS) is 22.8. The molecule has 2 saturated heterocycles. The number of ether oxygens (including phenoxy) is 2. The summed E-state index contributed by atoms with van der Waals surface area (Å²) in [6.45, 7) is 1.13. The maximum Gasteiger partial charge on any atom is 0.350 e. The maximum absolute atomic E-state index is 12.7. The molecule has 0 aliphatic carbocycles. The van der Waals surface area contributed by atoms with Crippen LogP contribution in [0.15, 0.2) is 16.3 Å². The van der Waals surface area contributed by atoms with Crippen molar-refractivity contribution in [1.82, 2.24) is 4.31 Å². The molecule has 2 aliphatic heterocycles. The van der Waals surface area contributed by atoms with E-state index in [1.54, 1.807) is 5.38 Å². The van der Waals surface area contributed by atoms with Gasteiger partial charge in [-0.3, -0.25) is 0 Å². The van der Waals surface area contributed by atoms with E-state index in [0.717, 1.165) is 30.6 Å². The first kappa shape index (κ1) is 16.4. The molecule has 1 atom stereocenters. The van der Waals surface area contributed by atoms with E-state index in [1.807, 2.05) is 0 Å². The van der Waals surface area contributed by atoms with Crippen molar-refractivity contribution in [2.24, 2.45) is 0 Å². The highest BCUT2D eigenvalue weighted by molar-refractivity contribution is 7.89. The Morgan fingerprint density at radius 1 is 1.30 bits per heavy atom. The zero-order chi connectivity index (χ0) is 16.4. The van der Waals surface area contributed by atoms with Gasteiger partial charge in [0.05, 0.1) is 6.61 Å². The summed E-state index contributed by atoms with van der Waals surface area (Å²) in [7, 11) is -3.71. The molecule has 0 spiro atoms. The molecule has 1 unspecified atom stereocenters. The number of rotatable bonds is 4. The van der Waals surface area contributed by atoms with E-state index in [4.69, 9.17) is 9.47 Å². The number of carbonyl (C=O) groups excluding carboxylic acids is 2. The van der Waals surface area contributed by atoms with Gasteiger partial charge in [-0.05, 0) is 24.3 Å². The second-order valence-corrected chi connectivity index (χ2v) is 8.25. The van der Waals surface area contributed by atoms with Crippen LogP contribution in [0.25, 0.3) is 0 Å². The number of esters is 2. The summed E-state index contributed by atoms with van der Waals surface area (Å²) in [5.74, 6) is -1.38. The van der Waals surface area contributed by atoms with Crippen LogP contribution in [0, 0.1) is 0 Å². The van der Waals surface area contributed by atoms with Crippen molar-refractivity contribution in [3.05, 3.63) is 16.3 Å². The van der Waals surface area contributed by atoms with Crippen molar-refractivity contribution in [1.29, 1.82) is 0 Å². The monoisotopic (exact) mass is 359 g/mol. The van der Waals surface area contributed by atoms with Crippen LogP contribution >= 0.6 is 11.3 Å². The first-order valence-corrected chi connectivity index (χ1v) is 9.77. The van der Waals surface area contributed by atoms with E-state index in [-0.39, 0.29) is 16.4 Å². The molecule has 0 bridgehead atoms. The Kier molecular flexibility index (Phi) is 4.69. The van der Waals surface area contributed by atoms with Gasteiger partial charge >= 0.3 is 11.9 Å². The molecule has 23 heavy (non-hydrogen) atoms. The highest BCUT2D eigenvalue weighted by atomic mass is 32.2. The second kappa shape index (κ2) is 6.58. The number of piperidine rings is 1. The van der Waals surface area contributed by atoms with Gasteiger partial charge in [0.1, 0.15) is 9.77 Å². The highest BCUT2D eigenvalue weighted by Gasteiger charge is 2.35. The Hall–Kier alpha value is -1.45. The van der Waals surface area contributed by atoms with Gasteiger partial charge in [-0.15, -0.1) is 11.3 Å². The summed E-state index contributed by atoms with van der Waals surface area (Å²) in [4.78, 5) is 23.6. The van der Waals surface area contributed by atoms with Crippen molar-refractivity contribution in [2.45, 2.75) is 36.7 Å². The second-order valence-electron chi connectivity index (χ2n) is 5.43. The zero-order valence-corrected chi connectivity index (χ0v) is 14.0. The predicted octanol–water partition coefficient (Wildman–Crippen LogP) is 1.39. The minimum Gasteiger partial charge on any atom is -0.463 e. The fourth-order valence-electron chi connectivity index (χ4n) is 2.66. The fraction of sp³-hybridized carbons (Fsp3) is 0.571. The molecule has 1 aromatic rings. The number of hydrogen-bond donors (Lipinski definition) is 0. The molecule has 3 rings (SSSR count). The summed E-state index contributed by atoms with van der Waals surface area (Å²) in [5, 5.41) is 1.54. The summed E-state index contributed by atoms with van der Waals surface area (Å²) in [6.07, 6.45) is 1.99. The van der Waals surface area contributed by atoms with Crippen LogP contribution in [-0.4, -0.2) is 50.5 Å². The smallest absolute Gasteiger partial charge is 0.350 e. The molecule has 1 aromatic heterocycles. The quantitative estimate of drug-likeness (QED) is 0.755. The third-order valence-electron chi connectivity index (χ3n) is 3.88. The Morgan fingerprint density at radius 3 is 2.70 bits per heavy atom. The maximum atomic E-state index is 12.7. The lowest BCUT2D eigenvalue weighted by molar-refractivity contribution is -0.145. The van der Waals surface area contributed by atoms with Gasteiger partial charge in [0.2, 0.25) is 16.1 Å². The van der Waals surface area contributed by atoms with Crippen molar-refractivity contribution >= 4 is 33.3 Å². The van der Waals surface area contributed by atoms with Gasteiger partial charge in [-0.25, -0.2) is 18.0 Å². The average Bonchev–Trinajstić information content (AvgIpc) is 3.18. The molecule has 3 heterocycles. The zero-order valence-electron chi connectivity index (χ0n) is 12.4. The molecule has 0 saturated carbocycles. The Balaban J connectivity index is 1.81. The number of nitrogens with zero attached hydrogens (tertiary/aromatic N) is 1. The topological polar surface area (TPSA) is 90.0 Å². The summed E-state index contributed by atoms with van der Waals surface area (Å²) in [6, 6.07) is 1.41. The van der Waals surface area contributed by atoms with Crippen LogP contribution in [0.4, 0.5) is 0 Å². The molecule has 9 heteroatoms. The van der Waals surface area contributed by atoms with E-state index < -0.39 is 28.1 Å². The van der Waals surface area contributed by atoms with E-state index in [9.17, 15) is 18.0 Å². The number of carbonyl (C=O) groups is 2. The molecular formula is C14H17NO6S2. The van der Waals surface area contributed by atoms with E-state index >= 15 is 0 Å². The first-order chi connectivity index (χ1) is 11.0. The lowest BCUT2D eigenvalue weighted by Gasteiger charge is -2.25. The van der Waals surface area contributed by atoms with E-state index in [2.05, 4.69) is 0 Å². The van der Waals surface area contributed by atoms with Crippen LogP contribution in [0.1, 0.15) is 35.4 Å². The molecular weight excluding hydrogens is 342 g/mol. The number of thiophene rings is 1. The average molecular weight is 359 g/mol. The van der Waals surface area contributed by atoms with Gasteiger partial charge in [-0.2, -0.15) is 4.31 Å². The molecule has 0 aromatic carbocycles. The Morgan fingerprint density at radius 2 is 2.04 bits per heavy atom. The number of sulfonamides is 1. The fourth-order valence-corrected chi connectivity index (χ4v) is 5.45. The Labute approximate surface area is 138 Å². The molecule has 2 aliphatic rings. The summed E-state index contributed by atoms with van der Waals surface area (Å²) in [5.41, 5.74) is 0. The van der Waals surface area contributed by atoms with Crippen molar-refractivity contribution in [2.75, 3.05) is 19.7 Å². The SMILES string of the molecule is O=C(OC1CCOC1=O)c1sccc1S(=O)(=O)N1CCCCC1. The van der Waals surface area contributed by atoms with Crippen LogP contribution in [0.3, 0.4) is 0 Å². The largest absolute Gasteiger partial charge is 0.463 e. The Bertz CT molecular complexity index is 705. The van der Waals surface area contributed by atoms with Gasteiger partial charge < -0.3 is 9.47 Å². The third kappa shape index (κ3) is 3.26. The van der Waals surface area contributed by atoms with Crippen molar-refractivity contribution in [3.8, 4) is 0 Å². The minimum absolute atomic E-state index is 0.00951. The highest BCUT2D eigenvalue weighted by Crippen LogP contribution is 2.28. The first-order valence-electron chi connectivity index (χ1n) is 7.45. The van der Waals surface area contributed by atoms with Gasteiger partial charge in [-0.1, -0.05) is 6.42 Å². The summed E-state index contributed by atoms with van der Waals surface area (Å²) < 4.78 is 36.7. The number of cyclic esters (lactones) is 1. The minimum atomic E-state index is -3.71. The predicted molar refractivity (Wildman–Crippen MR) is 81.7 cm³/mol. The molecule has 2 fully saturated rings. The third-order valence-corrected chi connectivity index (χ3v) is 6.85. The molecule has 126 valence electrons. The van der Waals surface area contributed by atoms with Crippen LogP contribution in [-0.2, 0) is 24.3 Å². The van der Waals surface area contributed by atoms with Crippen LogP contribution < -0.4 is 0 Å². The standard InChI is InChI=1S/C14H17NO6S2/c16-13-10(4-8-20-13)21-14(17)12-11(5-9-22-12)23(18,19)15-6-2-1-3-7-15/h5,9-10H,1-4,6-8H2. The van der Waals surface area contributed by atoms with Gasteiger partial charge in [0, 0.05) is 19.5 Å². The van der Waals surface area contributed by atoms with Gasteiger partial charge in [0.15, 0.2) is 0 Å². The van der Waals surface area contributed by atoms with Crippen molar-refractivity contribution in [3.63, 3.8) is 0 Å². The van der Waals surface area contributed by atoms with E-state index in [0.29, 0.717) is 19.5 Å². The van der Waals surface area contributed by atoms with Crippen LogP contribution in [0.2, 0.25) is 0 Å². The lowest BCUT2D eigenvalue weighted by Crippen LogP contribution is -2.36. The van der Waals surface area contributed by atoms with E-state index in [1.165, 1.54) is 10.4 Å². The van der Waals surface area contributed by atoms with Crippen molar-refractivity contribution < 1.29 is 27.5 Å². The molecule has 0 N–H and O–H groups in total. The molecule has 0 radical (unpaired) electrons. The van der Waals surface area contributed by atoms with Crippen LogP contribution in [0.5, 0.6) is 0 Å². The lowest BCUT2D eigenvalue weighted by atomic mass is 10.2. The molecule has 0 amide bonds. The molecule has 7 nitrogen and oxygen atoms in total. The van der Waals surface area contributed by atoms with Gasteiger partial charge in [0.25, 0.3) is 0 Å².